The van der Waals surface area contributed by atoms with Gasteiger partial charge in [-0.2, -0.15) is 5.26 Å². The second kappa shape index (κ2) is 7.43. The molecule has 118 valence electrons. The highest BCUT2D eigenvalue weighted by Crippen LogP contribution is 2.28. The van der Waals surface area contributed by atoms with Gasteiger partial charge in [-0.25, -0.2) is 14.4 Å². The Balaban J connectivity index is 1.85. The molecule has 0 unspecified atom stereocenters. The molecule has 0 spiro atoms. The number of pyridine rings is 2. The van der Waals surface area contributed by atoms with Crippen LogP contribution in [0.25, 0.3) is 11.3 Å². The zero-order valence-corrected chi connectivity index (χ0v) is 14.0. The third-order valence-electron chi connectivity index (χ3n) is 3.28. The number of nitriles is 1. The molecular formula is C18H11ClFN3S. The van der Waals surface area contributed by atoms with Crippen LogP contribution in [0.2, 0.25) is 5.15 Å². The molecule has 0 N–H and O–H groups in total. The quantitative estimate of drug-likeness (QED) is 0.482. The fraction of sp³-hybridized carbons (Fsp3) is 0.0556. The molecule has 0 aliphatic carbocycles. The molecule has 0 saturated carbocycles. The lowest BCUT2D eigenvalue weighted by molar-refractivity contribution is 0.628. The number of aromatic nitrogens is 2. The highest BCUT2D eigenvalue weighted by atomic mass is 35.5. The normalized spacial score (nSPS) is 10.4. The Morgan fingerprint density at radius 2 is 1.88 bits per heavy atom. The Morgan fingerprint density at radius 1 is 1.08 bits per heavy atom. The molecule has 0 amide bonds. The number of nitrogens with zero attached hydrogens (tertiary/aromatic N) is 3. The summed E-state index contributed by atoms with van der Waals surface area (Å²) in [6, 6.07) is 15.4. The molecule has 0 bridgehead atoms. The molecule has 2 heterocycles. The predicted molar refractivity (Wildman–Crippen MR) is 93.2 cm³/mol. The average molecular weight is 356 g/mol. The first-order valence-corrected chi connectivity index (χ1v) is 8.42. The van der Waals surface area contributed by atoms with Crippen molar-refractivity contribution in [3.8, 4) is 17.3 Å². The maximum absolute atomic E-state index is 13.1. The summed E-state index contributed by atoms with van der Waals surface area (Å²) >= 11 is 7.23. The van der Waals surface area contributed by atoms with E-state index in [1.54, 1.807) is 36.5 Å². The minimum absolute atomic E-state index is 0.294. The maximum atomic E-state index is 13.1. The Labute approximate surface area is 148 Å². The van der Waals surface area contributed by atoms with E-state index in [-0.39, 0.29) is 5.82 Å². The summed E-state index contributed by atoms with van der Waals surface area (Å²) in [5.74, 6) is 0.330. The van der Waals surface area contributed by atoms with Crippen molar-refractivity contribution in [1.29, 1.82) is 5.26 Å². The number of hydrogen-bond acceptors (Lipinski definition) is 4. The van der Waals surface area contributed by atoms with Crippen LogP contribution in [0.4, 0.5) is 4.39 Å². The predicted octanol–water partition coefficient (Wildman–Crippen LogP) is 5.10. The van der Waals surface area contributed by atoms with Crippen molar-refractivity contribution in [2.75, 3.05) is 0 Å². The SMILES string of the molecule is N#Cc1ccc(-c2ccc(F)cc2)nc1SCc1ccc(Cl)nc1. The van der Waals surface area contributed by atoms with E-state index < -0.39 is 0 Å². The lowest BCUT2D eigenvalue weighted by Gasteiger charge is -2.07. The van der Waals surface area contributed by atoms with Crippen LogP contribution in [-0.2, 0) is 5.75 Å². The van der Waals surface area contributed by atoms with Gasteiger partial charge in [-0.05, 0) is 48.0 Å². The molecule has 0 fully saturated rings. The van der Waals surface area contributed by atoms with E-state index in [4.69, 9.17) is 11.6 Å². The fourth-order valence-electron chi connectivity index (χ4n) is 2.06. The van der Waals surface area contributed by atoms with Crippen LogP contribution in [0.5, 0.6) is 0 Å². The highest BCUT2D eigenvalue weighted by Gasteiger charge is 2.09. The van der Waals surface area contributed by atoms with Gasteiger partial charge < -0.3 is 0 Å². The molecule has 24 heavy (non-hydrogen) atoms. The second-order valence-corrected chi connectivity index (χ2v) is 6.30. The number of benzene rings is 1. The molecular weight excluding hydrogens is 345 g/mol. The van der Waals surface area contributed by atoms with Crippen molar-refractivity contribution in [1.82, 2.24) is 9.97 Å². The Hall–Kier alpha value is -2.42. The van der Waals surface area contributed by atoms with E-state index in [1.165, 1.54) is 23.9 Å². The summed E-state index contributed by atoms with van der Waals surface area (Å²) in [6.07, 6.45) is 1.70. The smallest absolute Gasteiger partial charge is 0.129 e. The second-order valence-electron chi connectivity index (χ2n) is 4.95. The van der Waals surface area contributed by atoms with Crippen LogP contribution in [-0.4, -0.2) is 9.97 Å². The fourth-order valence-corrected chi connectivity index (χ4v) is 3.08. The highest BCUT2D eigenvalue weighted by molar-refractivity contribution is 7.98. The summed E-state index contributed by atoms with van der Waals surface area (Å²) < 4.78 is 13.1. The average Bonchev–Trinajstić information content (AvgIpc) is 2.61. The lowest BCUT2D eigenvalue weighted by Crippen LogP contribution is -1.92. The molecule has 2 aromatic heterocycles. The van der Waals surface area contributed by atoms with Gasteiger partial charge in [-0.15, -0.1) is 11.8 Å². The van der Waals surface area contributed by atoms with Gasteiger partial charge in [0, 0.05) is 17.5 Å². The molecule has 0 aliphatic rings. The summed E-state index contributed by atoms with van der Waals surface area (Å²) in [5.41, 5.74) is 3.00. The van der Waals surface area contributed by atoms with E-state index in [9.17, 15) is 9.65 Å². The van der Waals surface area contributed by atoms with Crippen molar-refractivity contribution in [2.45, 2.75) is 10.8 Å². The number of rotatable bonds is 4. The van der Waals surface area contributed by atoms with Crippen LogP contribution < -0.4 is 0 Å². The summed E-state index contributed by atoms with van der Waals surface area (Å²) in [7, 11) is 0. The van der Waals surface area contributed by atoms with Gasteiger partial charge in [-0.3, -0.25) is 0 Å². The van der Waals surface area contributed by atoms with Gasteiger partial charge in [0.25, 0.3) is 0 Å². The van der Waals surface area contributed by atoms with Gasteiger partial charge in [0.2, 0.25) is 0 Å². The number of halogens is 2. The first-order chi connectivity index (χ1) is 11.7. The summed E-state index contributed by atoms with van der Waals surface area (Å²) in [6.45, 7) is 0. The maximum Gasteiger partial charge on any atom is 0.129 e. The molecule has 3 nitrogen and oxygen atoms in total. The largest absolute Gasteiger partial charge is 0.244 e. The third-order valence-corrected chi connectivity index (χ3v) is 4.57. The van der Waals surface area contributed by atoms with Gasteiger partial charge >= 0.3 is 0 Å². The topological polar surface area (TPSA) is 49.6 Å². The van der Waals surface area contributed by atoms with Crippen LogP contribution >= 0.6 is 23.4 Å². The van der Waals surface area contributed by atoms with Crippen LogP contribution in [0.15, 0.2) is 59.8 Å². The Morgan fingerprint density at radius 3 is 2.54 bits per heavy atom. The van der Waals surface area contributed by atoms with Crippen molar-refractivity contribution in [3.05, 3.63) is 76.8 Å². The number of hydrogen-bond donors (Lipinski definition) is 0. The summed E-state index contributed by atoms with van der Waals surface area (Å²) in [5, 5.41) is 10.3. The molecule has 0 atom stereocenters. The monoisotopic (exact) mass is 355 g/mol. The van der Waals surface area contributed by atoms with E-state index >= 15 is 0 Å². The minimum atomic E-state index is -0.294. The van der Waals surface area contributed by atoms with E-state index in [0.717, 1.165) is 11.1 Å². The molecule has 0 radical (unpaired) electrons. The molecule has 0 aliphatic heterocycles. The van der Waals surface area contributed by atoms with Crippen LogP contribution in [0, 0.1) is 17.1 Å². The van der Waals surface area contributed by atoms with Crippen molar-refractivity contribution in [3.63, 3.8) is 0 Å². The first kappa shape index (κ1) is 16.4. The molecule has 3 rings (SSSR count). The van der Waals surface area contributed by atoms with Gasteiger partial charge in [0.15, 0.2) is 0 Å². The zero-order valence-electron chi connectivity index (χ0n) is 12.4. The first-order valence-electron chi connectivity index (χ1n) is 7.06. The third kappa shape index (κ3) is 3.91. The van der Waals surface area contributed by atoms with E-state index in [2.05, 4.69) is 16.0 Å². The van der Waals surface area contributed by atoms with Gasteiger partial charge in [0.05, 0.1) is 11.3 Å². The van der Waals surface area contributed by atoms with E-state index in [1.807, 2.05) is 6.07 Å². The van der Waals surface area contributed by atoms with Crippen LogP contribution in [0.3, 0.4) is 0 Å². The van der Waals surface area contributed by atoms with E-state index in [0.29, 0.717) is 27.2 Å². The number of thioether (sulfide) groups is 1. The lowest BCUT2D eigenvalue weighted by atomic mass is 10.1. The van der Waals surface area contributed by atoms with Gasteiger partial charge in [-0.1, -0.05) is 17.7 Å². The molecule has 1 aromatic carbocycles. The Bertz CT molecular complexity index is 890. The van der Waals surface area contributed by atoms with Gasteiger partial charge in [0.1, 0.15) is 22.1 Å². The molecule has 3 aromatic rings. The minimum Gasteiger partial charge on any atom is -0.244 e. The summed E-state index contributed by atoms with van der Waals surface area (Å²) in [4.78, 5) is 8.59. The van der Waals surface area contributed by atoms with Crippen molar-refractivity contribution >= 4 is 23.4 Å². The Kier molecular flexibility index (Phi) is 5.09. The van der Waals surface area contributed by atoms with Crippen molar-refractivity contribution < 1.29 is 4.39 Å². The molecule has 0 saturated heterocycles. The zero-order chi connectivity index (χ0) is 16.9. The van der Waals surface area contributed by atoms with Crippen LogP contribution in [0.1, 0.15) is 11.1 Å². The van der Waals surface area contributed by atoms with Crippen molar-refractivity contribution in [2.24, 2.45) is 0 Å². The standard InChI is InChI=1S/C18H11ClFN3S/c19-17-8-1-12(10-22-17)11-24-18-14(9-21)4-7-16(23-18)13-2-5-15(20)6-3-13/h1-8,10H,11H2. The molecule has 6 heteroatoms.